The van der Waals surface area contributed by atoms with E-state index in [0.717, 1.165) is 30.0 Å². The maximum atomic E-state index is 14.6. The molecule has 0 radical (unpaired) electrons. The molecule has 0 spiro atoms. The topological polar surface area (TPSA) is 113 Å². The van der Waals surface area contributed by atoms with E-state index >= 15 is 0 Å². The molecule has 0 bridgehead atoms. The van der Waals surface area contributed by atoms with Gasteiger partial charge in [-0.3, -0.25) is 4.79 Å². The molecule has 0 aliphatic carbocycles. The van der Waals surface area contributed by atoms with Gasteiger partial charge in [-0.2, -0.15) is 10.4 Å². The van der Waals surface area contributed by atoms with E-state index in [4.69, 9.17) is 5.26 Å². The summed E-state index contributed by atoms with van der Waals surface area (Å²) < 4.78 is 28.5. The number of halogens is 2. The minimum Gasteiger partial charge on any atom is -0.383 e. The minimum atomic E-state index is -1.36. The molecule has 0 saturated carbocycles. The fourth-order valence-corrected chi connectivity index (χ4v) is 4.95. The summed E-state index contributed by atoms with van der Waals surface area (Å²) in [5.74, 6) is -1.68. The molecule has 2 aromatic carbocycles. The number of carbonyl (C=O) groups is 1. The fraction of sp³-hybridized carbons (Fsp3) is 0.304. The number of thioether (sulfide) groups is 1. The Labute approximate surface area is 200 Å². The number of hydrogen-bond acceptors (Lipinski definition) is 6. The number of benzene rings is 2. The van der Waals surface area contributed by atoms with E-state index < -0.39 is 28.5 Å². The third kappa shape index (κ3) is 5.35. The van der Waals surface area contributed by atoms with E-state index in [2.05, 4.69) is 20.7 Å². The molecule has 1 amide bonds. The van der Waals surface area contributed by atoms with E-state index in [1.807, 2.05) is 18.2 Å². The second kappa shape index (κ2) is 11.1. The van der Waals surface area contributed by atoms with Gasteiger partial charge < -0.3 is 15.7 Å². The molecular weight excluding hydrogens is 462 g/mol. The maximum Gasteiger partial charge on any atom is 0.272 e. The lowest BCUT2D eigenvalue weighted by molar-refractivity contribution is -0.143. The van der Waals surface area contributed by atoms with Crippen LogP contribution in [0.2, 0.25) is 0 Å². The lowest BCUT2D eigenvalue weighted by atomic mass is 9.99. The van der Waals surface area contributed by atoms with Crippen LogP contribution in [-0.4, -0.2) is 46.7 Å². The molecule has 0 saturated heterocycles. The number of aliphatic imine (C=N–C) groups is 1. The number of carbonyl (C=O) groups excluding carboxylic acids is 1. The lowest BCUT2D eigenvalue weighted by Crippen LogP contribution is -2.45. The molecule has 1 aliphatic heterocycles. The van der Waals surface area contributed by atoms with Crippen LogP contribution in [0.25, 0.3) is 0 Å². The average molecular weight is 487 g/mol. The summed E-state index contributed by atoms with van der Waals surface area (Å²) in [6, 6.07) is 12.1. The summed E-state index contributed by atoms with van der Waals surface area (Å²) >= 11 is 1.13. The van der Waals surface area contributed by atoms with E-state index in [0.29, 0.717) is 30.9 Å². The lowest BCUT2D eigenvalue weighted by Gasteiger charge is -2.36. The van der Waals surface area contributed by atoms with Crippen LogP contribution in [0, 0.1) is 23.1 Å². The Morgan fingerprint density at radius 2 is 2.06 bits per heavy atom. The molecule has 11 heteroatoms. The van der Waals surface area contributed by atoms with Crippen LogP contribution in [0.3, 0.4) is 0 Å². The largest absolute Gasteiger partial charge is 0.383 e. The Balaban J connectivity index is 2.00. The third-order valence-corrected chi connectivity index (χ3v) is 6.58. The number of aliphatic hydroxyl groups excluding tert-OH is 1. The number of guanidine groups is 1. The van der Waals surface area contributed by atoms with Gasteiger partial charge in [0.15, 0.2) is 0 Å². The standard InChI is InChI=1S/C23H24F2N6O2S/c1-15(32)21(33)31-23(16-7-4-3-5-8-16,11-6-12-28-22(27-2)29-14-26)34-20(30-31)18-13-17(24)9-10-19(18)25/h3-5,7-10,13,15,32H,6,11-12H2,1-2H3,(H2,27,28,29)/t15-,23?/m1/s1. The van der Waals surface area contributed by atoms with Gasteiger partial charge in [0.05, 0.1) is 0 Å². The van der Waals surface area contributed by atoms with E-state index in [1.54, 1.807) is 25.4 Å². The first-order valence-corrected chi connectivity index (χ1v) is 11.3. The van der Waals surface area contributed by atoms with E-state index in [1.165, 1.54) is 11.9 Å². The maximum absolute atomic E-state index is 14.6. The van der Waals surface area contributed by atoms with Gasteiger partial charge in [0.25, 0.3) is 5.91 Å². The first-order valence-electron chi connectivity index (χ1n) is 10.5. The molecule has 178 valence electrons. The number of rotatable bonds is 7. The number of hydrogen-bond donors (Lipinski definition) is 3. The van der Waals surface area contributed by atoms with Crippen LogP contribution in [0.4, 0.5) is 8.78 Å². The van der Waals surface area contributed by atoms with Crippen molar-refractivity contribution < 1.29 is 18.7 Å². The van der Waals surface area contributed by atoms with Crippen molar-refractivity contribution in [3.63, 3.8) is 0 Å². The Hall–Kier alpha value is -3.49. The van der Waals surface area contributed by atoms with Crippen molar-refractivity contribution in [3.8, 4) is 6.19 Å². The molecule has 1 unspecified atom stereocenters. The number of hydrazone groups is 1. The van der Waals surface area contributed by atoms with Gasteiger partial charge in [-0.15, -0.1) is 4.99 Å². The molecule has 8 nitrogen and oxygen atoms in total. The quantitative estimate of drug-likeness (QED) is 0.240. The zero-order valence-electron chi connectivity index (χ0n) is 18.6. The number of nitrogens with one attached hydrogen (secondary N) is 2. The predicted octanol–water partition coefficient (Wildman–Crippen LogP) is 2.86. The van der Waals surface area contributed by atoms with Crippen LogP contribution in [0.5, 0.6) is 0 Å². The van der Waals surface area contributed by atoms with Crippen molar-refractivity contribution in [2.75, 3.05) is 13.6 Å². The minimum absolute atomic E-state index is 0.0667. The highest BCUT2D eigenvalue weighted by Gasteiger charge is 2.49. The summed E-state index contributed by atoms with van der Waals surface area (Å²) in [5.41, 5.74) is 0.645. The molecule has 0 aromatic heterocycles. The zero-order valence-corrected chi connectivity index (χ0v) is 19.4. The molecule has 1 heterocycles. The first kappa shape index (κ1) is 25.1. The Kier molecular flexibility index (Phi) is 8.20. The van der Waals surface area contributed by atoms with Crippen molar-refractivity contribution in [1.29, 1.82) is 5.26 Å². The predicted molar refractivity (Wildman–Crippen MR) is 126 cm³/mol. The van der Waals surface area contributed by atoms with Crippen molar-refractivity contribution >= 4 is 28.7 Å². The van der Waals surface area contributed by atoms with Crippen molar-refractivity contribution in [1.82, 2.24) is 15.6 Å². The SMILES string of the molecule is CN/C(=N/C#N)NCCCC1(c2ccccc2)SC(c2cc(F)ccc2F)=NN1C(=O)[C@@H](C)O. The second-order valence-electron chi connectivity index (χ2n) is 7.45. The molecule has 2 aromatic rings. The molecule has 3 N–H and O–H groups in total. The van der Waals surface area contributed by atoms with Gasteiger partial charge in [-0.1, -0.05) is 42.1 Å². The molecule has 34 heavy (non-hydrogen) atoms. The highest BCUT2D eigenvalue weighted by Crippen LogP contribution is 2.50. The molecular formula is C23H24F2N6O2S. The number of aliphatic hydroxyl groups is 1. The van der Waals surface area contributed by atoms with Gasteiger partial charge in [-0.25, -0.2) is 13.8 Å². The normalized spacial score (nSPS) is 18.8. The number of nitriles is 1. The molecule has 3 rings (SSSR count). The summed E-state index contributed by atoms with van der Waals surface area (Å²) in [6.07, 6.45) is 1.18. The summed E-state index contributed by atoms with van der Waals surface area (Å²) in [7, 11) is 1.62. The van der Waals surface area contributed by atoms with Gasteiger partial charge in [0, 0.05) is 19.2 Å². The van der Waals surface area contributed by atoms with Gasteiger partial charge >= 0.3 is 0 Å². The monoisotopic (exact) mass is 486 g/mol. The van der Waals surface area contributed by atoms with Crippen molar-refractivity contribution in [2.24, 2.45) is 10.1 Å². The smallest absolute Gasteiger partial charge is 0.272 e. The number of amides is 1. The van der Waals surface area contributed by atoms with Crippen molar-refractivity contribution in [2.45, 2.75) is 30.7 Å². The second-order valence-corrected chi connectivity index (χ2v) is 8.71. The molecule has 2 atom stereocenters. The van der Waals surface area contributed by atoms with E-state index in [-0.39, 0.29) is 10.6 Å². The van der Waals surface area contributed by atoms with Crippen LogP contribution < -0.4 is 10.6 Å². The average Bonchev–Trinajstić information content (AvgIpc) is 3.23. The van der Waals surface area contributed by atoms with Crippen molar-refractivity contribution in [3.05, 3.63) is 71.3 Å². The number of nitrogens with zero attached hydrogens (tertiary/aromatic N) is 4. The zero-order chi connectivity index (χ0) is 24.7. The van der Waals surface area contributed by atoms with Gasteiger partial charge in [-0.05, 0) is 43.5 Å². The van der Waals surface area contributed by atoms with Crippen LogP contribution >= 0.6 is 11.8 Å². The first-order chi connectivity index (χ1) is 16.3. The fourth-order valence-electron chi connectivity index (χ4n) is 3.52. The van der Waals surface area contributed by atoms with Crippen LogP contribution in [0.15, 0.2) is 58.6 Å². The molecule has 0 fully saturated rings. The van der Waals surface area contributed by atoms with E-state index in [9.17, 15) is 18.7 Å². The van der Waals surface area contributed by atoms with Gasteiger partial charge in [0.1, 0.15) is 27.7 Å². The summed E-state index contributed by atoms with van der Waals surface area (Å²) in [4.78, 5) is 15.5. The summed E-state index contributed by atoms with van der Waals surface area (Å²) in [5, 5.41) is 30.3. The van der Waals surface area contributed by atoms with Gasteiger partial charge in [0.2, 0.25) is 12.2 Å². The van der Waals surface area contributed by atoms with Crippen LogP contribution in [0.1, 0.15) is 30.9 Å². The highest BCUT2D eigenvalue weighted by molar-refractivity contribution is 8.15. The Morgan fingerprint density at radius 3 is 2.71 bits per heavy atom. The van der Waals surface area contributed by atoms with Crippen LogP contribution in [-0.2, 0) is 9.67 Å². The summed E-state index contributed by atoms with van der Waals surface area (Å²) in [6.45, 7) is 1.73. The Bertz CT molecular complexity index is 1140. The molecule has 1 aliphatic rings. The third-order valence-electron chi connectivity index (χ3n) is 5.13. The Morgan fingerprint density at radius 1 is 1.32 bits per heavy atom. The highest BCUT2D eigenvalue weighted by atomic mass is 32.2.